The van der Waals surface area contributed by atoms with E-state index in [2.05, 4.69) is 0 Å². The van der Waals surface area contributed by atoms with Crippen molar-refractivity contribution in [1.29, 1.82) is 0 Å². The van der Waals surface area contributed by atoms with Gasteiger partial charge in [0.25, 0.3) is 0 Å². The van der Waals surface area contributed by atoms with Gasteiger partial charge in [-0.2, -0.15) is 0 Å². The molecule has 2 rings (SSSR count). The molecule has 19 heavy (non-hydrogen) atoms. The lowest BCUT2D eigenvalue weighted by Gasteiger charge is -2.47. The molecule has 0 radical (unpaired) electrons. The predicted octanol–water partition coefficient (Wildman–Crippen LogP) is 1.78. The summed E-state index contributed by atoms with van der Waals surface area (Å²) in [5.74, 6) is 0. The molecular formula is C14H25NO4. The molecule has 1 spiro atoms. The molecule has 0 aromatic carbocycles. The fourth-order valence-corrected chi connectivity index (χ4v) is 2.91. The van der Waals surface area contributed by atoms with Gasteiger partial charge >= 0.3 is 6.09 Å². The van der Waals surface area contributed by atoms with Crippen molar-refractivity contribution in [2.75, 3.05) is 26.3 Å². The summed E-state index contributed by atoms with van der Waals surface area (Å²) in [6.45, 7) is 7.96. The summed E-state index contributed by atoms with van der Waals surface area (Å²) < 4.78 is 10.9. The van der Waals surface area contributed by atoms with Crippen LogP contribution in [0.3, 0.4) is 0 Å². The van der Waals surface area contributed by atoms with Gasteiger partial charge in [0.2, 0.25) is 0 Å². The molecule has 5 nitrogen and oxygen atoms in total. The molecular weight excluding hydrogens is 246 g/mol. The third-order valence-corrected chi connectivity index (χ3v) is 3.89. The SMILES string of the molecule is CC(C)(C)OC(=O)N1CCCC2(COCCC2O)C1. The Kier molecular flexibility index (Phi) is 4.06. The van der Waals surface area contributed by atoms with Crippen molar-refractivity contribution >= 4 is 6.09 Å². The second-order valence-corrected chi connectivity index (χ2v) is 6.72. The zero-order chi connectivity index (χ0) is 14.1. The number of carbonyl (C=O) groups excluding carboxylic acids is 1. The first-order valence-electron chi connectivity index (χ1n) is 7.06. The minimum atomic E-state index is -0.483. The zero-order valence-corrected chi connectivity index (χ0v) is 12.1. The van der Waals surface area contributed by atoms with Crippen LogP contribution < -0.4 is 0 Å². The Morgan fingerprint density at radius 3 is 2.84 bits per heavy atom. The maximum absolute atomic E-state index is 12.1. The van der Waals surface area contributed by atoms with Crippen molar-refractivity contribution in [2.24, 2.45) is 5.41 Å². The Hall–Kier alpha value is -0.810. The van der Waals surface area contributed by atoms with Gasteiger partial charge in [-0.05, 0) is 40.0 Å². The number of piperidine rings is 1. The lowest BCUT2D eigenvalue weighted by Crippen LogP contribution is -2.56. The van der Waals surface area contributed by atoms with Gasteiger partial charge in [-0.3, -0.25) is 0 Å². The zero-order valence-electron chi connectivity index (χ0n) is 12.1. The van der Waals surface area contributed by atoms with Gasteiger partial charge in [-0.15, -0.1) is 0 Å². The number of aliphatic hydroxyl groups excluding tert-OH is 1. The van der Waals surface area contributed by atoms with E-state index in [1.165, 1.54) is 0 Å². The quantitative estimate of drug-likeness (QED) is 0.729. The van der Waals surface area contributed by atoms with Crippen molar-refractivity contribution in [2.45, 2.75) is 51.7 Å². The minimum absolute atomic E-state index is 0.288. The molecule has 1 N–H and O–H groups in total. The largest absolute Gasteiger partial charge is 0.444 e. The molecule has 1 amide bonds. The van der Waals surface area contributed by atoms with Crippen LogP contribution in [0, 0.1) is 5.41 Å². The van der Waals surface area contributed by atoms with Gasteiger partial charge in [0.05, 0.1) is 12.7 Å². The average molecular weight is 271 g/mol. The Bertz CT molecular complexity index is 335. The standard InChI is InChI=1S/C14H25NO4/c1-13(2,3)19-12(17)15-7-4-6-14(9-15)10-18-8-5-11(14)16/h11,16H,4-10H2,1-3H3. The number of likely N-dealkylation sites (tertiary alicyclic amines) is 1. The van der Waals surface area contributed by atoms with E-state index in [0.717, 1.165) is 12.8 Å². The molecule has 2 saturated heterocycles. The second kappa shape index (κ2) is 5.29. The van der Waals surface area contributed by atoms with E-state index < -0.39 is 5.60 Å². The highest BCUT2D eigenvalue weighted by Crippen LogP contribution is 2.38. The first kappa shape index (κ1) is 14.6. The molecule has 0 aromatic heterocycles. The summed E-state index contributed by atoms with van der Waals surface area (Å²) in [4.78, 5) is 13.8. The number of ether oxygens (including phenoxy) is 2. The number of aliphatic hydroxyl groups is 1. The van der Waals surface area contributed by atoms with E-state index in [1.807, 2.05) is 20.8 Å². The van der Waals surface area contributed by atoms with Gasteiger partial charge < -0.3 is 19.5 Å². The average Bonchev–Trinajstić information content (AvgIpc) is 2.31. The molecule has 110 valence electrons. The number of carbonyl (C=O) groups is 1. The van der Waals surface area contributed by atoms with Crippen LogP contribution >= 0.6 is 0 Å². The number of hydrogen-bond acceptors (Lipinski definition) is 4. The summed E-state index contributed by atoms with van der Waals surface area (Å²) in [5, 5.41) is 10.3. The molecule has 2 aliphatic rings. The van der Waals surface area contributed by atoms with Crippen LogP contribution in [0.5, 0.6) is 0 Å². The van der Waals surface area contributed by atoms with Crippen LogP contribution in [0.15, 0.2) is 0 Å². The summed E-state index contributed by atoms with van der Waals surface area (Å²) in [6.07, 6.45) is 1.78. The van der Waals surface area contributed by atoms with E-state index in [1.54, 1.807) is 4.90 Å². The van der Waals surface area contributed by atoms with Crippen molar-refractivity contribution in [3.05, 3.63) is 0 Å². The smallest absolute Gasteiger partial charge is 0.410 e. The number of hydrogen-bond donors (Lipinski definition) is 1. The van der Waals surface area contributed by atoms with Crippen LogP contribution in [-0.4, -0.2) is 54.1 Å². The molecule has 0 aliphatic carbocycles. The summed E-state index contributed by atoms with van der Waals surface area (Å²) in [6, 6.07) is 0. The summed E-state index contributed by atoms with van der Waals surface area (Å²) in [5.41, 5.74) is -0.781. The fourth-order valence-electron chi connectivity index (χ4n) is 2.91. The summed E-state index contributed by atoms with van der Waals surface area (Å²) in [7, 11) is 0. The summed E-state index contributed by atoms with van der Waals surface area (Å²) >= 11 is 0. The fraction of sp³-hybridized carbons (Fsp3) is 0.929. The molecule has 2 atom stereocenters. The van der Waals surface area contributed by atoms with Crippen molar-refractivity contribution in [3.63, 3.8) is 0 Å². The van der Waals surface area contributed by atoms with E-state index in [0.29, 0.717) is 32.7 Å². The number of rotatable bonds is 0. The molecule has 0 bridgehead atoms. The molecule has 0 aromatic rings. The Morgan fingerprint density at radius 1 is 1.47 bits per heavy atom. The van der Waals surface area contributed by atoms with Gasteiger partial charge in [0.1, 0.15) is 5.60 Å². The van der Waals surface area contributed by atoms with E-state index in [-0.39, 0.29) is 17.6 Å². The van der Waals surface area contributed by atoms with Gasteiger partial charge in [0.15, 0.2) is 0 Å². The normalized spacial score (nSPS) is 32.4. The third kappa shape index (κ3) is 3.39. The van der Waals surface area contributed by atoms with E-state index in [4.69, 9.17) is 9.47 Å². The first-order valence-corrected chi connectivity index (χ1v) is 7.06. The Balaban J connectivity index is 2.02. The maximum Gasteiger partial charge on any atom is 0.410 e. The highest BCUT2D eigenvalue weighted by molar-refractivity contribution is 5.68. The Labute approximate surface area is 114 Å². The van der Waals surface area contributed by atoms with Crippen LogP contribution in [0.4, 0.5) is 4.79 Å². The number of amides is 1. The first-order chi connectivity index (χ1) is 8.82. The van der Waals surface area contributed by atoms with Crippen molar-refractivity contribution in [1.82, 2.24) is 4.90 Å². The minimum Gasteiger partial charge on any atom is -0.444 e. The highest BCUT2D eigenvalue weighted by Gasteiger charge is 2.45. The van der Waals surface area contributed by atoms with Crippen LogP contribution in [0.2, 0.25) is 0 Å². The molecule has 2 unspecified atom stereocenters. The lowest BCUT2D eigenvalue weighted by atomic mass is 9.73. The maximum atomic E-state index is 12.1. The molecule has 2 heterocycles. The van der Waals surface area contributed by atoms with Crippen LogP contribution in [0.1, 0.15) is 40.0 Å². The molecule has 2 fully saturated rings. The second-order valence-electron chi connectivity index (χ2n) is 6.72. The molecule has 0 saturated carbocycles. The van der Waals surface area contributed by atoms with Gasteiger partial charge in [0, 0.05) is 25.1 Å². The Morgan fingerprint density at radius 2 is 2.21 bits per heavy atom. The van der Waals surface area contributed by atoms with Crippen molar-refractivity contribution in [3.8, 4) is 0 Å². The third-order valence-electron chi connectivity index (χ3n) is 3.89. The highest BCUT2D eigenvalue weighted by atomic mass is 16.6. The predicted molar refractivity (Wildman–Crippen MR) is 70.9 cm³/mol. The molecule has 2 aliphatic heterocycles. The van der Waals surface area contributed by atoms with E-state index >= 15 is 0 Å². The van der Waals surface area contributed by atoms with Crippen molar-refractivity contribution < 1.29 is 19.4 Å². The van der Waals surface area contributed by atoms with Gasteiger partial charge in [-0.25, -0.2) is 4.79 Å². The number of nitrogens with zero attached hydrogens (tertiary/aromatic N) is 1. The van der Waals surface area contributed by atoms with Gasteiger partial charge in [-0.1, -0.05) is 0 Å². The lowest BCUT2D eigenvalue weighted by molar-refractivity contribution is -0.126. The topological polar surface area (TPSA) is 59.0 Å². The monoisotopic (exact) mass is 271 g/mol. The van der Waals surface area contributed by atoms with Crippen LogP contribution in [0.25, 0.3) is 0 Å². The van der Waals surface area contributed by atoms with Crippen LogP contribution in [-0.2, 0) is 9.47 Å². The van der Waals surface area contributed by atoms with E-state index in [9.17, 15) is 9.90 Å². The molecule has 5 heteroatoms.